The van der Waals surface area contributed by atoms with Gasteiger partial charge in [0.25, 0.3) is 11.8 Å². The molecule has 1 saturated heterocycles. The summed E-state index contributed by atoms with van der Waals surface area (Å²) >= 11 is 6.40. The van der Waals surface area contributed by atoms with Gasteiger partial charge in [0.05, 0.1) is 18.2 Å². The van der Waals surface area contributed by atoms with Crippen LogP contribution in [0.4, 0.5) is 19.3 Å². The zero-order valence-electron chi connectivity index (χ0n) is 20.1. The number of nitrogens with one attached hydrogen (secondary N) is 2. The van der Waals surface area contributed by atoms with Gasteiger partial charge in [-0.05, 0) is 61.0 Å². The molecular weight excluding hydrogens is 520 g/mol. The van der Waals surface area contributed by atoms with Crippen LogP contribution >= 0.6 is 11.6 Å². The van der Waals surface area contributed by atoms with Crippen LogP contribution in [0.5, 0.6) is 11.5 Å². The Morgan fingerprint density at radius 3 is 2.53 bits per heavy atom. The monoisotopic (exact) mass is 541 g/mol. The Hall–Kier alpha value is -4.44. The van der Waals surface area contributed by atoms with Gasteiger partial charge in [-0.15, -0.1) is 0 Å². The van der Waals surface area contributed by atoms with Gasteiger partial charge in [-0.2, -0.15) is 0 Å². The molecule has 0 radical (unpaired) electrons. The molecule has 1 heterocycles. The standard InChI is InChI=1S/C27H22ClF2N3O5/c1-2-37-23-13-16(11-20(28)25(23)38-15-24(34)31-19-9-7-18(29)8-10-19)12-22-26(35)33(27(36)32-22)14-17-5-3-4-6-21(17)30/h3-13H,2,14-15H2,1H3,(H,31,34)(H,32,36)/b22-12+. The summed E-state index contributed by atoms with van der Waals surface area (Å²) in [6.45, 7) is 1.36. The Morgan fingerprint density at radius 2 is 1.82 bits per heavy atom. The number of anilines is 1. The third-order valence-corrected chi connectivity index (χ3v) is 5.65. The largest absolute Gasteiger partial charge is 0.490 e. The molecule has 0 unspecified atom stereocenters. The SMILES string of the molecule is CCOc1cc(/C=C2/NC(=O)N(Cc3ccccc3F)C2=O)cc(Cl)c1OCC(=O)Nc1ccc(F)cc1. The minimum absolute atomic E-state index is 0.0304. The fourth-order valence-corrected chi connectivity index (χ4v) is 3.89. The summed E-state index contributed by atoms with van der Waals surface area (Å²) in [6.07, 6.45) is 1.40. The van der Waals surface area contributed by atoms with Crippen LogP contribution in [-0.4, -0.2) is 36.0 Å². The van der Waals surface area contributed by atoms with Crippen molar-refractivity contribution in [2.75, 3.05) is 18.5 Å². The summed E-state index contributed by atoms with van der Waals surface area (Å²) in [4.78, 5) is 38.4. The van der Waals surface area contributed by atoms with Crippen molar-refractivity contribution in [1.29, 1.82) is 0 Å². The Kier molecular flexibility index (Phi) is 8.22. The summed E-state index contributed by atoms with van der Waals surface area (Å²) in [5, 5.41) is 5.15. The van der Waals surface area contributed by atoms with Crippen LogP contribution in [-0.2, 0) is 16.1 Å². The predicted molar refractivity (Wildman–Crippen MR) is 137 cm³/mol. The molecule has 196 valence electrons. The minimum atomic E-state index is -0.687. The summed E-state index contributed by atoms with van der Waals surface area (Å²) < 4.78 is 38.3. The van der Waals surface area contributed by atoms with Crippen LogP contribution in [0.25, 0.3) is 6.08 Å². The second-order valence-electron chi connectivity index (χ2n) is 8.08. The molecule has 1 fully saturated rings. The van der Waals surface area contributed by atoms with Gasteiger partial charge in [-0.1, -0.05) is 29.8 Å². The Labute approximate surface area is 221 Å². The summed E-state index contributed by atoms with van der Waals surface area (Å²) in [5.74, 6) is -1.78. The van der Waals surface area contributed by atoms with Gasteiger partial charge in [0.15, 0.2) is 18.1 Å². The second-order valence-corrected chi connectivity index (χ2v) is 8.48. The molecule has 0 spiro atoms. The van der Waals surface area contributed by atoms with Gasteiger partial charge in [0.1, 0.15) is 17.3 Å². The molecule has 38 heavy (non-hydrogen) atoms. The molecule has 4 amide bonds. The number of urea groups is 1. The number of carbonyl (C=O) groups excluding carboxylic acids is 3. The summed E-state index contributed by atoms with van der Waals surface area (Å²) in [7, 11) is 0. The lowest BCUT2D eigenvalue weighted by Gasteiger charge is -2.15. The van der Waals surface area contributed by atoms with Crippen molar-refractivity contribution >= 4 is 41.2 Å². The second kappa shape index (κ2) is 11.7. The normalized spacial score (nSPS) is 14.0. The summed E-state index contributed by atoms with van der Waals surface area (Å²) in [6, 6.07) is 13.4. The molecule has 3 aromatic carbocycles. The fourth-order valence-electron chi connectivity index (χ4n) is 3.62. The Morgan fingerprint density at radius 1 is 1.08 bits per heavy atom. The number of hydrogen-bond acceptors (Lipinski definition) is 5. The number of imide groups is 1. The van der Waals surface area contributed by atoms with E-state index in [2.05, 4.69) is 10.6 Å². The van der Waals surface area contributed by atoms with Crippen molar-refractivity contribution in [3.05, 3.63) is 94.1 Å². The van der Waals surface area contributed by atoms with E-state index in [0.717, 1.165) is 4.90 Å². The average molecular weight is 542 g/mol. The number of carbonyl (C=O) groups is 3. The first kappa shape index (κ1) is 26.6. The van der Waals surface area contributed by atoms with Gasteiger partial charge in [0.2, 0.25) is 0 Å². The van der Waals surface area contributed by atoms with E-state index < -0.39 is 36.1 Å². The van der Waals surface area contributed by atoms with E-state index in [1.165, 1.54) is 60.7 Å². The average Bonchev–Trinajstić information content (AvgIpc) is 3.13. The molecule has 11 heteroatoms. The van der Waals surface area contributed by atoms with Crippen LogP contribution in [0, 0.1) is 11.6 Å². The smallest absolute Gasteiger partial charge is 0.329 e. The highest BCUT2D eigenvalue weighted by Gasteiger charge is 2.34. The van der Waals surface area contributed by atoms with Crippen molar-refractivity contribution in [3.8, 4) is 11.5 Å². The number of halogens is 3. The number of amides is 4. The summed E-state index contributed by atoms with van der Waals surface area (Å²) in [5.41, 5.74) is 0.976. The highest BCUT2D eigenvalue weighted by atomic mass is 35.5. The molecule has 0 bridgehead atoms. The van der Waals surface area contributed by atoms with E-state index >= 15 is 0 Å². The maximum absolute atomic E-state index is 14.0. The molecule has 8 nitrogen and oxygen atoms in total. The first-order chi connectivity index (χ1) is 18.2. The third kappa shape index (κ3) is 6.27. The molecule has 0 aromatic heterocycles. The van der Waals surface area contributed by atoms with Crippen molar-refractivity contribution in [2.24, 2.45) is 0 Å². The lowest BCUT2D eigenvalue weighted by atomic mass is 10.1. The highest BCUT2D eigenvalue weighted by molar-refractivity contribution is 6.32. The van der Waals surface area contributed by atoms with Crippen LogP contribution in [0.1, 0.15) is 18.1 Å². The van der Waals surface area contributed by atoms with Crippen LogP contribution in [0.15, 0.2) is 66.4 Å². The Balaban J connectivity index is 1.49. The zero-order chi connectivity index (χ0) is 27.2. The molecule has 0 saturated carbocycles. The molecule has 3 aromatic rings. The van der Waals surface area contributed by atoms with E-state index in [4.69, 9.17) is 21.1 Å². The predicted octanol–water partition coefficient (Wildman–Crippen LogP) is 5.13. The fraction of sp³-hybridized carbons (Fsp3) is 0.148. The van der Waals surface area contributed by atoms with E-state index in [1.54, 1.807) is 13.0 Å². The first-order valence-corrected chi connectivity index (χ1v) is 11.9. The van der Waals surface area contributed by atoms with Gasteiger partial charge in [-0.3, -0.25) is 14.5 Å². The number of benzene rings is 3. The van der Waals surface area contributed by atoms with Crippen molar-refractivity contribution in [3.63, 3.8) is 0 Å². The highest BCUT2D eigenvalue weighted by Crippen LogP contribution is 2.37. The topological polar surface area (TPSA) is 97.0 Å². The van der Waals surface area contributed by atoms with Crippen molar-refractivity contribution in [2.45, 2.75) is 13.5 Å². The van der Waals surface area contributed by atoms with E-state index in [-0.39, 0.29) is 40.9 Å². The van der Waals surface area contributed by atoms with Crippen molar-refractivity contribution < 1.29 is 32.6 Å². The van der Waals surface area contributed by atoms with E-state index in [9.17, 15) is 23.2 Å². The first-order valence-electron chi connectivity index (χ1n) is 11.5. The minimum Gasteiger partial charge on any atom is -0.490 e. The van der Waals surface area contributed by atoms with Gasteiger partial charge in [-0.25, -0.2) is 13.6 Å². The quantitative estimate of drug-likeness (QED) is 0.289. The lowest BCUT2D eigenvalue weighted by Crippen LogP contribution is -2.30. The van der Waals surface area contributed by atoms with E-state index in [0.29, 0.717) is 11.3 Å². The molecule has 0 atom stereocenters. The zero-order valence-corrected chi connectivity index (χ0v) is 20.9. The molecule has 1 aliphatic rings. The molecule has 0 aliphatic carbocycles. The molecular formula is C27H22ClF2N3O5. The number of hydrogen-bond donors (Lipinski definition) is 2. The number of ether oxygens (including phenoxy) is 2. The maximum Gasteiger partial charge on any atom is 0.329 e. The van der Waals surface area contributed by atoms with Gasteiger partial charge >= 0.3 is 6.03 Å². The van der Waals surface area contributed by atoms with E-state index in [1.807, 2.05) is 0 Å². The van der Waals surface area contributed by atoms with Crippen LogP contribution < -0.4 is 20.1 Å². The number of nitrogens with zero attached hydrogens (tertiary/aromatic N) is 1. The lowest BCUT2D eigenvalue weighted by molar-refractivity contribution is -0.123. The van der Waals surface area contributed by atoms with Crippen LogP contribution in [0.3, 0.4) is 0 Å². The van der Waals surface area contributed by atoms with Crippen LogP contribution in [0.2, 0.25) is 5.02 Å². The third-order valence-electron chi connectivity index (χ3n) is 5.37. The Bertz CT molecular complexity index is 1410. The van der Waals surface area contributed by atoms with Gasteiger partial charge < -0.3 is 20.1 Å². The molecule has 1 aliphatic heterocycles. The van der Waals surface area contributed by atoms with Crippen molar-refractivity contribution in [1.82, 2.24) is 10.2 Å². The maximum atomic E-state index is 14.0. The van der Waals surface area contributed by atoms with Gasteiger partial charge in [0, 0.05) is 11.3 Å². The molecule has 4 rings (SSSR count). The number of rotatable bonds is 9. The molecule has 2 N–H and O–H groups in total.